The Labute approximate surface area is 392 Å². The van der Waals surface area contributed by atoms with Crippen LogP contribution in [0.4, 0.5) is 0 Å². The molecule has 0 amide bonds. The molecule has 0 spiro atoms. The second-order valence-corrected chi connectivity index (χ2v) is 21.8. The number of aliphatic hydroxyl groups excluding tert-OH is 1. The van der Waals surface area contributed by atoms with Crippen molar-refractivity contribution < 1.29 is 29.6 Å². The van der Waals surface area contributed by atoms with Crippen LogP contribution in [0.2, 0.25) is 0 Å². The number of unbranched alkanes of at least 4 members (excludes halogenated alkanes) is 2. The Morgan fingerprint density at radius 2 is 1.78 bits per heavy atom. The molecule has 4 aromatic rings. The van der Waals surface area contributed by atoms with Crippen LogP contribution in [0.3, 0.4) is 0 Å². The summed E-state index contributed by atoms with van der Waals surface area (Å²) >= 11 is 0. The minimum atomic E-state index is -0.772. The number of phenols is 2. The summed E-state index contributed by atoms with van der Waals surface area (Å²) in [4.78, 5) is 31.1. The fourth-order valence-electron chi connectivity index (χ4n) is 11.2. The first kappa shape index (κ1) is 47.1. The number of aryl methyl sites for hydroxylation is 1. The van der Waals surface area contributed by atoms with Gasteiger partial charge in [-0.3, -0.25) is 9.59 Å². The lowest BCUT2D eigenvalue weighted by Crippen LogP contribution is -2.38. The molecule has 344 valence electrons. The third-order valence-corrected chi connectivity index (χ3v) is 17.3. The number of aromatic hydroxyl groups is 2. The molecule has 0 saturated heterocycles. The molecule has 8 rings (SSSR count). The number of H-pyrrole nitrogens is 1. The van der Waals surface area contributed by atoms with Crippen molar-refractivity contribution >= 4 is 33.2 Å². The number of aliphatic hydroxyl groups is 1. The number of benzene rings is 3. The molecule has 8 bridgehead atoms. The second kappa shape index (κ2) is 20.6. The number of ketones is 2. The first-order valence-electron chi connectivity index (χ1n) is 23.6. The topological polar surface area (TPSA) is 172 Å². The van der Waals surface area contributed by atoms with Crippen molar-refractivity contribution in [2.24, 2.45) is 34.1 Å². The Balaban J connectivity index is 1.16. The van der Waals surface area contributed by atoms with Gasteiger partial charge in [-0.25, -0.2) is 0 Å². The van der Waals surface area contributed by atoms with Gasteiger partial charge in [0.25, 0.3) is 0 Å². The van der Waals surface area contributed by atoms with Crippen molar-refractivity contribution in [1.82, 2.24) is 4.98 Å². The minimum Gasteiger partial charge on any atom is -0.508 e. The van der Waals surface area contributed by atoms with E-state index in [0.29, 0.717) is 72.1 Å². The average Bonchev–Trinajstić information content (AvgIpc) is 3.85. The molecule has 2 fully saturated rings. The number of hydrogen-bond donors (Lipinski definition) is 6. The molecular weight excluding hydrogens is 851 g/mol. The van der Waals surface area contributed by atoms with Gasteiger partial charge in [0.05, 0.1) is 25.3 Å². The molecule has 1 aliphatic heterocycles. The summed E-state index contributed by atoms with van der Waals surface area (Å²) in [6.45, 7) is 4.86. The number of aromatic amines is 1. The largest absolute Gasteiger partial charge is 0.508 e. The second-order valence-electron chi connectivity index (χ2n) is 19.4. The van der Waals surface area contributed by atoms with Crippen LogP contribution in [0.15, 0.2) is 72.9 Å². The lowest BCUT2D eigenvalue weighted by atomic mass is 9.61. The van der Waals surface area contributed by atoms with E-state index >= 15 is 0 Å². The molecule has 9 nitrogen and oxygen atoms in total. The summed E-state index contributed by atoms with van der Waals surface area (Å²) in [5.41, 5.74) is 19.4. The van der Waals surface area contributed by atoms with E-state index in [1.165, 1.54) is 25.7 Å². The van der Waals surface area contributed by atoms with E-state index in [9.17, 15) is 24.9 Å². The normalized spacial score (nSPS) is 25.8. The predicted octanol–water partition coefficient (Wildman–Crippen LogP) is 10.4. The van der Waals surface area contributed by atoms with Gasteiger partial charge in [0, 0.05) is 70.7 Å². The number of Topliss-reactive ketones (excluding diaryl/α,β-unsaturated/α-hetero) is 1. The van der Waals surface area contributed by atoms with Crippen LogP contribution in [-0.2, 0) is 29.8 Å². The monoisotopic (exact) mass is 915 g/mol. The SMILES string of the molecule is CCCCC[C@H](C)C[C@@H]1CC[C@]23CSSCc4cc5c(cc4C(N)N)C#CCc4[nH]ccc4C(=O)C[C@H]5c4cc(ccc4O)CCOc4cc(ccc4O)CCC(=O)/C=C/[C@]1(C[C@H]2O)C3. The number of rotatable bonds is 7. The van der Waals surface area contributed by atoms with Crippen LogP contribution in [0.1, 0.15) is 152 Å². The Kier molecular flexibility index (Phi) is 14.9. The van der Waals surface area contributed by atoms with Crippen LogP contribution in [0, 0.1) is 34.5 Å². The Bertz CT molecular complexity index is 2470. The molecule has 3 aliphatic carbocycles. The van der Waals surface area contributed by atoms with Gasteiger partial charge in [0.15, 0.2) is 23.1 Å². The number of carbonyl (C=O) groups is 2. The van der Waals surface area contributed by atoms with Crippen molar-refractivity contribution in [1.29, 1.82) is 0 Å². The highest BCUT2D eigenvalue weighted by molar-refractivity contribution is 8.76. The van der Waals surface area contributed by atoms with Gasteiger partial charge in [-0.2, -0.15) is 0 Å². The van der Waals surface area contributed by atoms with Crippen molar-refractivity contribution in [3.8, 4) is 29.1 Å². The molecule has 6 atom stereocenters. The van der Waals surface area contributed by atoms with Crippen LogP contribution >= 0.6 is 21.6 Å². The van der Waals surface area contributed by atoms with Gasteiger partial charge >= 0.3 is 0 Å². The zero-order chi connectivity index (χ0) is 45.7. The number of ether oxygens (including phenoxy) is 1. The first-order chi connectivity index (χ1) is 31.4. The van der Waals surface area contributed by atoms with Crippen molar-refractivity contribution in [2.75, 3.05) is 12.4 Å². The van der Waals surface area contributed by atoms with Gasteiger partial charge in [0.1, 0.15) is 5.75 Å². The summed E-state index contributed by atoms with van der Waals surface area (Å²) in [7, 11) is 3.49. The van der Waals surface area contributed by atoms with E-state index in [4.69, 9.17) is 16.2 Å². The number of nitrogens with one attached hydrogen (secondary N) is 1. The summed E-state index contributed by atoms with van der Waals surface area (Å²) in [5.74, 6) is 8.88. The maximum absolute atomic E-state index is 14.2. The molecule has 2 heterocycles. The molecule has 3 aromatic carbocycles. The van der Waals surface area contributed by atoms with Crippen LogP contribution < -0.4 is 16.2 Å². The Morgan fingerprint density at radius 1 is 0.969 bits per heavy atom. The van der Waals surface area contributed by atoms with E-state index in [-0.39, 0.29) is 46.9 Å². The van der Waals surface area contributed by atoms with Crippen LogP contribution in [0.5, 0.6) is 17.2 Å². The number of aromatic nitrogens is 1. The molecule has 2 saturated carbocycles. The number of hydrogen-bond acceptors (Lipinski definition) is 10. The molecule has 8 N–H and O–H groups in total. The number of fused-ring (bicyclic) bond motifs is 7. The molecule has 4 aliphatic rings. The fraction of sp³-hybridized carbons (Fsp3) is 0.481. The third kappa shape index (κ3) is 10.6. The molecular formula is C54H65N3O6S2. The van der Waals surface area contributed by atoms with E-state index in [1.807, 2.05) is 24.3 Å². The van der Waals surface area contributed by atoms with Gasteiger partial charge in [-0.1, -0.05) is 103 Å². The van der Waals surface area contributed by atoms with Gasteiger partial charge in [-0.15, -0.1) is 0 Å². The summed E-state index contributed by atoms with van der Waals surface area (Å²) < 4.78 is 6.17. The fourth-order valence-corrected chi connectivity index (χ4v) is 14.0. The van der Waals surface area contributed by atoms with Gasteiger partial charge in [0.2, 0.25) is 0 Å². The summed E-state index contributed by atoms with van der Waals surface area (Å²) in [5, 5.41) is 34.5. The van der Waals surface area contributed by atoms with Crippen molar-refractivity contribution in [2.45, 2.75) is 128 Å². The lowest BCUT2D eigenvalue weighted by molar-refractivity contribution is -0.114. The number of nitrogens with two attached hydrogens (primary N) is 2. The average molecular weight is 916 g/mol. The van der Waals surface area contributed by atoms with E-state index in [0.717, 1.165) is 64.9 Å². The molecule has 0 unspecified atom stereocenters. The van der Waals surface area contributed by atoms with Gasteiger partial charge in [-0.05, 0) is 120 Å². The zero-order valence-electron chi connectivity index (χ0n) is 37.9. The standard InChI is InChI=1S/C54H65N3O6S2/c1-3-4-5-7-34(2)24-39-16-20-54-32-53(39,30-51(54)62)21-17-40(58)13-10-35-12-15-48(60)50(26-35)63-23-19-36-11-14-47(59)45(25-36)44-29-49(61)41-18-22-57-46(41)9-6-8-37-27-43(52(55)56)38(28-42(37)44)31-64-65-33-54/h11-12,14-15,17-18,21-22,25-28,34,39,44,51-52,57,59-60,62H,3-5,7,9-10,13,16,19-20,23-24,29-33,55-56H2,1-2H3/b21-17+/t34-,39-,44+,51+,53-,54-/m0/s1. The predicted molar refractivity (Wildman–Crippen MR) is 262 cm³/mol. The van der Waals surface area contributed by atoms with E-state index < -0.39 is 18.2 Å². The summed E-state index contributed by atoms with van der Waals surface area (Å²) in [6, 6.07) is 16.6. The van der Waals surface area contributed by atoms with Crippen molar-refractivity contribution in [3.05, 3.63) is 123 Å². The maximum atomic E-state index is 14.2. The molecule has 65 heavy (non-hydrogen) atoms. The number of allylic oxidation sites excluding steroid dienone is 2. The highest BCUT2D eigenvalue weighted by Crippen LogP contribution is 2.64. The minimum absolute atomic E-state index is 0.0175. The van der Waals surface area contributed by atoms with Gasteiger partial charge < -0.3 is 36.5 Å². The maximum Gasteiger partial charge on any atom is 0.165 e. The smallest absolute Gasteiger partial charge is 0.165 e. The molecule has 0 radical (unpaired) electrons. The highest BCUT2D eigenvalue weighted by Gasteiger charge is 2.59. The lowest BCUT2D eigenvalue weighted by Gasteiger charge is -2.45. The van der Waals surface area contributed by atoms with E-state index in [2.05, 4.69) is 42.8 Å². The molecule has 11 heteroatoms. The van der Waals surface area contributed by atoms with E-state index in [1.54, 1.807) is 58.1 Å². The molecule has 1 aromatic heterocycles. The quantitative estimate of drug-likeness (QED) is 0.0454. The first-order valence-corrected chi connectivity index (χ1v) is 26.1. The van der Waals surface area contributed by atoms with Crippen LogP contribution in [-0.4, -0.2) is 50.3 Å². The highest BCUT2D eigenvalue weighted by atomic mass is 33.1. The number of phenolic OH excluding ortho intramolecular Hbond substituents is 2. The van der Waals surface area contributed by atoms with Crippen LogP contribution in [0.25, 0.3) is 0 Å². The number of carbonyl (C=O) groups excluding carboxylic acids is 2. The third-order valence-electron chi connectivity index (χ3n) is 14.9. The Hall–Kier alpha value is -4.44. The zero-order valence-corrected chi connectivity index (χ0v) is 39.5. The summed E-state index contributed by atoms with van der Waals surface area (Å²) in [6.07, 6.45) is 15.7. The van der Waals surface area contributed by atoms with Crippen molar-refractivity contribution in [3.63, 3.8) is 0 Å². The Morgan fingerprint density at radius 3 is 2.60 bits per heavy atom.